The van der Waals surface area contributed by atoms with Gasteiger partial charge in [0.2, 0.25) is 0 Å². The van der Waals surface area contributed by atoms with Crippen LogP contribution in [0, 0.1) is 6.92 Å². The third kappa shape index (κ3) is 4.03. The summed E-state index contributed by atoms with van der Waals surface area (Å²) in [4.78, 5) is 22.4. The van der Waals surface area contributed by atoms with Crippen LogP contribution in [-0.2, 0) is 0 Å². The van der Waals surface area contributed by atoms with Gasteiger partial charge >= 0.3 is 0 Å². The minimum Gasteiger partial charge on any atom is -0.399 e. The van der Waals surface area contributed by atoms with Crippen LogP contribution in [-0.4, -0.2) is 15.9 Å². The Balaban J connectivity index is 1.50. The molecule has 0 bridgehead atoms. The molecular formula is C20H17N5OS2. The normalized spacial score (nSPS) is 10.6. The number of nitrogens with zero attached hydrogens (tertiary/aromatic N) is 2. The molecule has 140 valence electrons. The maximum Gasteiger partial charge on any atom is 0.257 e. The Hall–Kier alpha value is -3.23. The zero-order chi connectivity index (χ0) is 19.5. The Bertz CT molecular complexity index is 1100. The summed E-state index contributed by atoms with van der Waals surface area (Å²) in [6, 6.07) is 16.6. The van der Waals surface area contributed by atoms with E-state index >= 15 is 0 Å². The molecule has 0 fully saturated rings. The first-order valence-corrected chi connectivity index (χ1v) is 10.2. The van der Waals surface area contributed by atoms with E-state index in [-0.39, 0.29) is 5.91 Å². The van der Waals surface area contributed by atoms with E-state index in [9.17, 15) is 4.79 Å². The summed E-state index contributed by atoms with van der Waals surface area (Å²) in [5, 5.41) is 9.44. The van der Waals surface area contributed by atoms with Crippen LogP contribution in [0.15, 0.2) is 60.0 Å². The van der Waals surface area contributed by atoms with E-state index in [1.165, 1.54) is 22.7 Å². The van der Waals surface area contributed by atoms with Crippen LogP contribution in [0.25, 0.3) is 10.6 Å². The van der Waals surface area contributed by atoms with Crippen LogP contribution >= 0.6 is 22.7 Å². The molecule has 2 aromatic heterocycles. The van der Waals surface area contributed by atoms with Crippen LogP contribution in [0.3, 0.4) is 0 Å². The number of nitrogen functional groups attached to an aromatic ring is 1. The molecule has 2 aromatic carbocycles. The Morgan fingerprint density at radius 2 is 1.75 bits per heavy atom. The van der Waals surface area contributed by atoms with Crippen LogP contribution < -0.4 is 16.4 Å². The first-order valence-electron chi connectivity index (χ1n) is 8.51. The number of aryl methyl sites for hydroxylation is 1. The van der Waals surface area contributed by atoms with Gasteiger partial charge in [0.1, 0.15) is 0 Å². The highest BCUT2D eigenvalue weighted by atomic mass is 32.1. The molecule has 0 aliphatic rings. The fourth-order valence-electron chi connectivity index (χ4n) is 2.57. The Kier molecular flexibility index (Phi) is 5.05. The van der Waals surface area contributed by atoms with E-state index in [1.54, 1.807) is 12.1 Å². The highest BCUT2D eigenvalue weighted by molar-refractivity contribution is 7.20. The van der Waals surface area contributed by atoms with Crippen molar-refractivity contribution in [2.45, 2.75) is 6.92 Å². The van der Waals surface area contributed by atoms with Crippen molar-refractivity contribution in [3.05, 3.63) is 71.2 Å². The smallest absolute Gasteiger partial charge is 0.257 e. The number of rotatable bonds is 5. The lowest BCUT2D eigenvalue weighted by Crippen LogP contribution is -2.11. The molecule has 0 spiro atoms. The summed E-state index contributed by atoms with van der Waals surface area (Å²) >= 11 is 2.92. The number of carbonyl (C=O) groups excluding carboxylic acids is 1. The fraction of sp³-hybridized carbons (Fsp3) is 0.0500. The molecule has 1 amide bonds. The summed E-state index contributed by atoms with van der Waals surface area (Å²) in [7, 11) is 0. The number of thiazole rings is 2. The molecule has 6 nitrogen and oxygen atoms in total. The molecule has 8 heteroatoms. The number of hydrogen-bond donors (Lipinski definition) is 3. The average molecular weight is 408 g/mol. The second-order valence-corrected chi connectivity index (χ2v) is 7.90. The molecule has 4 rings (SSSR count). The number of nitrogens with one attached hydrogen (secondary N) is 2. The highest BCUT2D eigenvalue weighted by Crippen LogP contribution is 2.35. The van der Waals surface area contributed by atoms with Gasteiger partial charge in [-0.25, -0.2) is 9.97 Å². The average Bonchev–Trinajstić information content (AvgIpc) is 3.30. The third-order valence-electron chi connectivity index (χ3n) is 3.95. The van der Waals surface area contributed by atoms with Gasteiger partial charge in [-0.2, -0.15) is 0 Å². The quantitative estimate of drug-likeness (QED) is 0.398. The van der Waals surface area contributed by atoms with Gasteiger partial charge in [-0.15, -0.1) is 11.3 Å². The van der Waals surface area contributed by atoms with Crippen LogP contribution in [0.1, 0.15) is 16.1 Å². The first kappa shape index (κ1) is 18.1. The molecule has 0 aliphatic carbocycles. The van der Waals surface area contributed by atoms with E-state index in [4.69, 9.17) is 5.73 Å². The minimum atomic E-state index is -0.176. The predicted molar refractivity (Wildman–Crippen MR) is 116 cm³/mol. The van der Waals surface area contributed by atoms with Gasteiger partial charge in [-0.3, -0.25) is 10.1 Å². The van der Waals surface area contributed by atoms with E-state index < -0.39 is 0 Å². The van der Waals surface area contributed by atoms with E-state index in [0.29, 0.717) is 10.7 Å². The standard InChI is InChI=1S/C20H17N5OS2/c1-12-17(28-20(22-12)25-18(26)13-5-3-2-4-6-13)16-11-27-19(24-16)23-15-9-7-14(21)8-10-15/h2-11H,21H2,1H3,(H,23,24)(H,22,25,26). The molecule has 2 heterocycles. The van der Waals surface area contributed by atoms with Crippen LogP contribution in [0.4, 0.5) is 21.6 Å². The van der Waals surface area contributed by atoms with Crippen LogP contribution in [0.2, 0.25) is 0 Å². The van der Waals surface area contributed by atoms with Gasteiger partial charge < -0.3 is 11.1 Å². The summed E-state index contributed by atoms with van der Waals surface area (Å²) in [5.41, 5.74) is 9.62. The minimum absolute atomic E-state index is 0.176. The van der Waals surface area contributed by atoms with Gasteiger partial charge in [0.25, 0.3) is 5.91 Å². The van der Waals surface area contributed by atoms with Crippen molar-refractivity contribution < 1.29 is 4.79 Å². The number of amides is 1. The summed E-state index contributed by atoms with van der Waals surface area (Å²) in [5.74, 6) is -0.176. The molecule has 0 radical (unpaired) electrons. The fourth-order valence-corrected chi connectivity index (χ4v) is 4.29. The van der Waals surface area contributed by atoms with Crippen molar-refractivity contribution in [3.63, 3.8) is 0 Å². The Morgan fingerprint density at radius 1 is 1.00 bits per heavy atom. The lowest BCUT2D eigenvalue weighted by Gasteiger charge is -2.02. The highest BCUT2D eigenvalue weighted by Gasteiger charge is 2.15. The zero-order valence-electron chi connectivity index (χ0n) is 15.0. The van der Waals surface area contributed by atoms with Crippen molar-refractivity contribution in [2.75, 3.05) is 16.4 Å². The van der Waals surface area contributed by atoms with Gasteiger partial charge in [0, 0.05) is 22.3 Å². The molecule has 4 aromatic rings. The number of hydrogen-bond acceptors (Lipinski definition) is 7. The topological polar surface area (TPSA) is 92.9 Å². The number of aromatic nitrogens is 2. The van der Waals surface area contributed by atoms with Crippen LogP contribution in [0.5, 0.6) is 0 Å². The lowest BCUT2D eigenvalue weighted by atomic mass is 10.2. The molecule has 0 aliphatic heterocycles. The number of nitrogens with two attached hydrogens (primary N) is 1. The maximum atomic E-state index is 12.3. The molecule has 28 heavy (non-hydrogen) atoms. The summed E-state index contributed by atoms with van der Waals surface area (Å²) in [6.45, 7) is 1.91. The maximum absolute atomic E-state index is 12.3. The van der Waals surface area contributed by atoms with Crippen molar-refractivity contribution in [3.8, 4) is 10.6 Å². The van der Waals surface area contributed by atoms with Gasteiger partial charge in [-0.1, -0.05) is 29.5 Å². The Labute approximate surface area is 170 Å². The largest absolute Gasteiger partial charge is 0.399 e. The summed E-state index contributed by atoms with van der Waals surface area (Å²) < 4.78 is 0. The zero-order valence-corrected chi connectivity index (χ0v) is 16.6. The van der Waals surface area contributed by atoms with E-state index in [0.717, 1.165) is 32.8 Å². The second-order valence-electron chi connectivity index (χ2n) is 6.04. The van der Waals surface area contributed by atoms with Crippen molar-refractivity contribution >= 4 is 50.2 Å². The molecule has 0 saturated carbocycles. The Morgan fingerprint density at radius 3 is 2.50 bits per heavy atom. The third-order valence-corrected chi connectivity index (χ3v) is 5.80. The molecule has 0 saturated heterocycles. The molecule has 0 atom stereocenters. The molecule has 0 unspecified atom stereocenters. The molecular weight excluding hydrogens is 390 g/mol. The van der Waals surface area contributed by atoms with Crippen molar-refractivity contribution in [2.24, 2.45) is 0 Å². The molecule has 4 N–H and O–H groups in total. The summed E-state index contributed by atoms with van der Waals surface area (Å²) in [6.07, 6.45) is 0. The number of anilines is 4. The van der Waals surface area contributed by atoms with Crippen molar-refractivity contribution in [1.82, 2.24) is 9.97 Å². The number of benzene rings is 2. The first-order chi connectivity index (χ1) is 13.6. The lowest BCUT2D eigenvalue weighted by molar-refractivity contribution is 0.102. The second kappa shape index (κ2) is 7.79. The van der Waals surface area contributed by atoms with Gasteiger partial charge in [0.15, 0.2) is 10.3 Å². The van der Waals surface area contributed by atoms with E-state index in [2.05, 4.69) is 20.6 Å². The predicted octanol–water partition coefficient (Wildman–Crippen LogP) is 5.15. The SMILES string of the molecule is Cc1nc(NC(=O)c2ccccc2)sc1-c1csc(Nc2ccc(N)cc2)n1. The van der Waals surface area contributed by atoms with Gasteiger partial charge in [0.05, 0.1) is 16.3 Å². The number of carbonyl (C=O) groups is 1. The monoisotopic (exact) mass is 407 g/mol. The van der Waals surface area contributed by atoms with Crippen molar-refractivity contribution in [1.29, 1.82) is 0 Å². The van der Waals surface area contributed by atoms with Gasteiger partial charge in [-0.05, 0) is 43.3 Å². The van der Waals surface area contributed by atoms with E-state index in [1.807, 2.05) is 54.8 Å².